The number of ketones is 1. The van der Waals surface area contributed by atoms with Gasteiger partial charge in [0, 0.05) is 44.6 Å². The minimum atomic E-state index is -0.466. The molecule has 2 aromatic rings. The van der Waals surface area contributed by atoms with E-state index in [1.807, 2.05) is 42.2 Å². The number of hydrogen-bond donors (Lipinski definition) is 1. The normalized spacial score (nSPS) is 21.0. The lowest BCUT2D eigenvalue weighted by molar-refractivity contribution is -0.140. The minimum absolute atomic E-state index is 0.0791. The number of likely N-dealkylation sites (tertiary alicyclic amines) is 2. The van der Waals surface area contributed by atoms with Crippen molar-refractivity contribution < 1.29 is 14.3 Å². The van der Waals surface area contributed by atoms with E-state index in [9.17, 15) is 9.59 Å². The number of amides is 1. The first-order valence-electron chi connectivity index (χ1n) is 12.0. The third-order valence-corrected chi connectivity index (χ3v) is 7.42. The molecule has 0 atom stereocenters. The number of piperidine rings is 2. The number of pyridine rings is 1. The van der Waals surface area contributed by atoms with Gasteiger partial charge in [0.1, 0.15) is 17.2 Å². The number of anilines is 1. The zero-order valence-electron chi connectivity index (χ0n) is 19.3. The van der Waals surface area contributed by atoms with Gasteiger partial charge in [-0.05, 0) is 62.7 Å². The number of aromatic nitrogens is 1. The second-order valence-electron chi connectivity index (χ2n) is 9.85. The van der Waals surface area contributed by atoms with Gasteiger partial charge in [0.15, 0.2) is 5.78 Å². The number of Topliss-reactive ketones (excluding diaryl/α,β-unsaturated/α-hetero) is 1. The van der Waals surface area contributed by atoms with Crippen LogP contribution in [0.1, 0.15) is 53.6 Å². The van der Waals surface area contributed by atoms with E-state index < -0.39 is 5.60 Å². The largest absolute Gasteiger partial charge is 0.486 e. The summed E-state index contributed by atoms with van der Waals surface area (Å²) in [5, 5.41) is 0. The highest BCUT2D eigenvalue weighted by atomic mass is 16.5. The Morgan fingerprint density at radius 1 is 1.15 bits per heavy atom. The first kappa shape index (κ1) is 21.9. The molecule has 1 amide bonds. The van der Waals surface area contributed by atoms with Crippen molar-refractivity contribution in [1.29, 1.82) is 0 Å². The van der Waals surface area contributed by atoms with E-state index >= 15 is 0 Å². The van der Waals surface area contributed by atoms with Crippen LogP contribution in [0.3, 0.4) is 0 Å². The second-order valence-corrected chi connectivity index (χ2v) is 9.85. The number of nitrogen functional groups attached to an aromatic ring is 1. The summed E-state index contributed by atoms with van der Waals surface area (Å²) in [5.74, 6) is 1.73. The predicted molar refractivity (Wildman–Crippen MR) is 126 cm³/mol. The molecule has 3 aliphatic heterocycles. The number of aryl methyl sites for hydroxylation is 1. The Hall–Kier alpha value is -2.93. The number of rotatable bonds is 3. The van der Waals surface area contributed by atoms with Gasteiger partial charge in [-0.2, -0.15) is 0 Å². The highest BCUT2D eigenvalue weighted by Crippen LogP contribution is 2.40. The number of ether oxygens (including phenoxy) is 1. The maximum atomic E-state index is 13.2. The molecular formula is C26H32N4O3. The molecule has 2 N–H and O–H groups in total. The number of carbonyl (C=O) groups excluding carboxylic acids is 2. The van der Waals surface area contributed by atoms with Crippen LogP contribution in [0.2, 0.25) is 0 Å². The fourth-order valence-electron chi connectivity index (χ4n) is 5.47. The van der Waals surface area contributed by atoms with Crippen molar-refractivity contribution in [3.05, 3.63) is 53.2 Å². The Morgan fingerprint density at radius 2 is 1.91 bits per heavy atom. The van der Waals surface area contributed by atoms with Crippen LogP contribution in [0.25, 0.3) is 0 Å². The summed E-state index contributed by atoms with van der Waals surface area (Å²) in [6.07, 6.45) is 5.32. The van der Waals surface area contributed by atoms with Gasteiger partial charge in [0.2, 0.25) is 5.91 Å². The van der Waals surface area contributed by atoms with Gasteiger partial charge in [0.25, 0.3) is 0 Å². The lowest BCUT2D eigenvalue weighted by Gasteiger charge is -2.45. The Balaban J connectivity index is 1.14. The molecule has 2 saturated heterocycles. The maximum absolute atomic E-state index is 13.2. The lowest BCUT2D eigenvalue weighted by atomic mass is 9.81. The molecule has 5 rings (SSSR count). The average molecular weight is 449 g/mol. The van der Waals surface area contributed by atoms with Crippen LogP contribution in [0.5, 0.6) is 5.75 Å². The van der Waals surface area contributed by atoms with E-state index in [0.29, 0.717) is 49.5 Å². The SMILES string of the molecule is Cc1ccc2c(c1)C(=O)CC1(CCN(C(=O)C3CCN(Cc4ccnc(N)c4)CC3)CC1)O2. The van der Waals surface area contributed by atoms with Crippen LogP contribution in [-0.4, -0.2) is 58.3 Å². The molecule has 33 heavy (non-hydrogen) atoms. The first-order chi connectivity index (χ1) is 15.9. The third-order valence-electron chi connectivity index (χ3n) is 7.42. The van der Waals surface area contributed by atoms with Crippen molar-refractivity contribution in [2.75, 3.05) is 31.9 Å². The number of nitrogens with two attached hydrogens (primary N) is 1. The number of hydrogen-bond acceptors (Lipinski definition) is 6. The number of fused-ring (bicyclic) bond motifs is 1. The molecule has 4 heterocycles. The molecule has 7 nitrogen and oxygen atoms in total. The Bertz CT molecular complexity index is 1050. The first-order valence-corrected chi connectivity index (χ1v) is 12.0. The maximum Gasteiger partial charge on any atom is 0.225 e. The molecule has 0 bridgehead atoms. The molecule has 0 radical (unpaired) electrons. The van der Waals surface area contributed by atoms with Crippen LogP contribution in [0, 0.1) is 12.8 Å². The van der Waals surface area contributed by atoms with Crippen molar-refractivity contribution >= 4 is 17.5 Å². The second kappa shape index (κ2) is 8.78. The minimum Gasteiger partial charge on any atom is -0.486 e. The summed E-state index contributed by atoms with van der Waals surface area (Å²) in [6.45, 7) is 5.95. The van der Waals surface area contributed by atoms with Crippen molar-refractivity contribution in [3.63, 3.8) is 0 Å². The molecule has 1 aromatic heterocycles. The van der Waals surface area contributed by atoms with E-state index in [2.05, 4.69) is 9.88 Å². The van der Waals surface area contributed by atoms with Gasteiger partial charge in [-0.15, -0.1) is 0 Å². The van der Waals surface area contributed by atoms with Crippen LogP contribution < -0.4 is 10.5 Å². The van der Waals surface area contributed by atoms with Crippen LogP contribution in [0.4, 0.5) is 5.82 Å². The van der Waals surface area contributed by atoms with E-state index in [4.69, 9.17) is 10.5 Å². The fraction of sp³-hybridized carbons (Fsp3) is 0.500. The highest BCUT2D eigenvalue weighted by molar-refractivity contribution is 6.00. The standard InChI is InChI=1S/C26H32N4O3/c1-18-2-3-23-21(14-18)22(31)16-26(33-23)7-12-30(13-8-26)25(32)20-5-10-29(11-6-20)17-19-4-9-28-24(27)15-19/h2-4,9,14-15,20H,5-8,10-13,16-17H2,1H3,(H2,27,28). The number of benzene rings is 1. The Morgan fingerprint density at radius 3 is 2.64 bits per heavy atom. The van der Waals surface area contributed by atoms with Gasteiger partial charge >= 0.3 is 0 Å². The molecule has 0 aliphatic carbocycles. The summed E-state index contributed by atoms with van der Waals surface area (Å²) >= 11 is 0. The Kier molecular flexibility index (Phi) is 5.83. The summed E-state index contributed by atoms with van der Waals surface area (Å²) in [4.78, 5) is 34.4. The predicted octanol–water partition coefficient (Wildman–Crippen LogP) is 3.21. The van der Waals surface area contributed by atoms with Crippen molar-refractivity contribution in [2.24, 2.45) is 5.92 Å². The van der Waals surface area contributed by atoms with Crippen LogP contribution >= 0.6 is 0 Å². The molecule has 3 aliphatic rings. The molecule has 1 spiro atoms. The average Bonchev–Trinajstić information content (AvgIpc) is 2.80. The van der Waals surface area contributed by atoms with Gasteiger partial charge in [0.05, 0.1) is 12.0 Å². The van der Waals surface area contributed by atoms with E-state index in [1.165, 1.54) is 0 Å². The lowest BCUT2D eigenvalue weighted by Crippen LogP contribution is -2.53. The monoisotopic (exact) mass is 448 g/mol. The third kappa shape index (κ3) is 4.60. The zero-order chi connectivity index (χ0) is 23.0. The summed E-state index contributed by atoms with van der Waals surface area (Å²) in [5.41, 5.74) is 8.25. The molecule has 174 valence electrons. The van der Waals surface area contributed by atoms with Crippen molar-refractivity contribution in [2.45, 2.75) is 51.2 Å². The zero-order valence-corrected chi connectivity index (χ0v) is 19.3. The van der Waals surface area contributed by atoms with Gasteiger partial charge in [-0.3, -0.25) is 14.5 Å². The highest BCUT2D eigenvalue weighted by Gasteiger charge is 2.44. The number of nitrogens with zero attached hydrogens (tertiary/aromatic N) is 3. The van der Waals surface area contributed by atoms with Gasteiger partial charge in [-0.25, -0.2) is 4.98 Å². The number of carbonyl (C=O) groups is 2. The van der Waals surface area contributed by atoms with E-state index in [1.54, 1.807) is 6.20 Å². The molecular weight excluding hydrogens is 416 g/mol. The molecule has 1 aromatic carbocycles. The van der Waals surface area contributed by atoms with E-state index in [-0.39, 0.29) is 17.6 Å². The summed E-state index contributed by atoms with van der Waals surface area (Å²) < 4.78 is 6.36. The smallest absolute Gasteiger partial charge is 0.225 e. The molecule has 7 heteroatoms. The molecule has 0 unspecified atom stereocenters. The fourth-order valence-corrected chi connectivity index (χ4v) is 5.47. The van der Waals surface area contributed by atoms with Crippen LogP contribution in [-0.2, 0) is 11.3 Å². The van der Waals surface area contributed by atoms with Crippen molar-refractivity contribution in [1.82, 2.24) is 14.8 Å². The topological polar surface area (TPSA) is 88.8 Å². The van der Waals surface area contributed by atoms with Gasteiger partial charge in [-0.1, -0.05) is 11.6 Å². The molecule has 0 saturated carbocycles. The van der Waals surface area contributed by atoms with Crippen molar-refractivity contribution in [3.8, 4) is 5.75 Å². The Labute approximate surface area is 194 Å². The quantitative estimate of drug-likeness (QED) is 0.776. The summed E-state index contributed by atoms with van der Waals surface area (Å²) in [7, 11) is 0. The van der Waals surface area contributed by atoms with Crippen LogP contribution in [0.15, 0.2) is 36.5 Å². The van der Waals surface area contributed by atoms with Gasteiger partial charge < -0.3 is 15.4 Å². The molecule has 2 fully saturated rings. The summed E-state index contributed by atoms with van der Waals surface area (Å²) in [6, 6.07) is 9.72. The van der Waals surface area contributed by atoms with E-state index in [0.717, 1.165) is 43.6 Å².